The monoisotopic (exact) mass is 427 g/mol. The van der Waals surface area contributed by atoms with Crippen molar-refractivity contribution in [1.29, 1.82) is 0 Å². The molecule has 0 unspecified atom stereocenters. The van der Waals surface area contributed by atoms with Crippen LogP contribution in [0.5, 0.6) is 5.75 Å². The maximum absolute atomic E-state index is 12.6. The number of aryl methyl sites for hydroxylation is 1. The first-order chi connectivity index (χ1) is 14.9. The van der Waals surface area contributed by atoms with Crippen molar-refractivity contribution in [2.24, 2.45) is 0 Å². The Kier molecular flexibility index (Phi) is 7.93. The van der Waals surface area contributed by atoms with Crippen LogP contribution >= 0.6 is 0 Å². The Morgan fingerprint density at radius 2 is 1.87 bits per heavy atom. The molecule has 1 aliphatic heterocycles. The predicted octanol–water partition coefficient (Wildman–Crippen LogP) is 4.37. The van der Waals surface area contributed by atoms with Crippen LogP contribution in [-0.2, 0) is 15.9 Å². The average molecular weight is 428 g/mol. The van der Waals surface area contributed by atoms with Crippen molar-refractivity contribution in [2.45, 2.75) is 51.4 Å². The van der Waals surface area contributed by atoms with E-state index >= 15 is 0 Å². The van der Waals surface area contributed by atoms with Crippen LogP contribution in [0.1, 0.15) is 44.4 Å². The summed E-state index contributed by atoms with van der Waals surface area (Å²) in [5.41, 5.74) is 1.47. The maximum atomic E-state index is 12.6. The number of hydrogen-bond acceptors (Lipinski definition) is 5. The number of amides is 1. The first kappa shape index (κ1) is 23.1. The number of hydrogen-bond donors (Lipinski definition) is 1. The van der Waals surface area contributed by atoms with Gasteiger partial charge in [0.25, 0.3) is 0 Å². The molecule has 0 aromatic heterocycles. The first-order valence-corrected chi connectivity index (χ1v) is 10.9. The SMILES string of the molecule is CC(C)(C)OC(=O)N1CCO[C@H]([C@@H](Oc2ccccc2CCCO)c2ccccc2)C1. The highest BCUT2D eigenvalue weighted by molar-refractivity contribution is 5.68. The zero-order valence-electron chi connectivity index (χ0n) is 18.6. The zero-order chi connectivity index (χ0) is 22.3. The number of morpholine rings is 1. The van der Waals surface area contributed by atoms with Crippen molar-refractivity contribution in [3.8, 4) is 5.75 Å². The van der Waals surface area contributed by atoms with Gasteiger partial charge in [-0.15, -0.1) is 0 Å². The predicted molar refractivity (Wildman–Crippen MR) is 119 cm³/mol. The van der Waals surface area contributed by atoms with E-state index < -0.39 is 5.60 Å². The van der Waals surface area contributed by atoms with E-state index in [1.54, 1.807) is 4.90 Å². The number of para-hydroxylation sites is 1. The molecule has 1 fully saturated rings. The van der Waals surface area contributed by atoms with E-state index in [1.165, 1.54) is 0 Å². The van der Waals surface area contributed by atoms with Gasteiger partial charge < -0.3 is 24.2 Å². The van der Waals surface area contributed by atoms with Crippen molar-refractivity contribution >= 4 is 6.09 Å². The van der Waals surface area contributed by atoms with E-state index in [1.807, 2.05) is 75.4 Å². The Morgan fingerprint density at radius 3 is 2.58 bits per heavy atom. The van der Waals surface area contributed by atoms with Crippen molar-refractivity contribution in [1.82, 2.24) is 4.90 Å². The first-order valence-electron chi connectivity index (χ1n) is 10.9. The zero-order valence-corrected chi connectivity index (χ0v) is 18.6. The Morgan fingerprint density at radius 1 is 1.16 bits per heavy atom. The molecule has 1 amide bonds. The molecule has 2 aromatic carbocycles. The molecule has 1 heterocycles. The summed E-state index contributed by atoms with van der Waals surface area (Å²) in [6.45, 7) is 7.01. The van der Waals surface area contributed by atoms with Crippen molar-refractivity contribution in [3.63, 3.8) is 0 Å². The number of carbonyl (C=O) groups is 1. The van der Waals surface area contributed by atoms with Crippen LogP contribution in [0.15, 0.2) is 54.6 Å². The molecule has 0 saturated carbocycles. The Bertz CT molecular complexity index is 833. The van der Waals surface area contributed by atoms with Gasteiger partial charge in [0, 0.05) is 13.2 Å². The van der Waals surface area contributed by atoms with Gasteiger partial charge in [-0.1, -0.05) is 48.5 Å². The minimum Gasteiger partial charge on any atom is -0.483 e. The lowest BCUT2D eigenvalue weighted by molar-refractivity contribution is -0.0838. The van der Waals surface area contributed by atoms with E-state index in [2.05, 4.69) is 0 Å². The van der Waals surface area contributed by atoms with E-state index in [4.69, 9.17) is 14.2 Å². The average Bonchev–Trinajstić information content (AvgIpc) is 2.76. The van der Waals surface area contributed by atoms with Gasteiger partial charge in [0.15, 0.2) is 6.10 Å². The number of aliphatic hydroxyl groups is 1. The second kappa shape index (κ2) is 10.6. The highest BCUT2D eigenvalue weighted by Gasteiger charge is 2.34. The lowest BCUT2D eigenvalue weighted by atomic mass is 10.0. The lowest BCUT2D eigenvalue weighted by Crippen LogP contribution is -2.50. The van der Waals surface area contributed by atoms with Crippen LogP contribution in [0.2, 0.25) is 0 Å². The molecule has 1 N–H and O–H groups in total. The van der Waals surface area contributed by atoms with Crippen LogP contribution in [0.25, 0.3) is 0 Å². The number of ether oxygens (including phenoxy) is 3. The maximum Gasteiger partial charge on any atom is 0.410 e. The highest BCUT2D eigenvalue weighted by atomic mass is 16.6. The molecule has 0 spiro atoms. The van der Waals surface area contributed by atoms with E-state index in [0.29, 0.717) is 26.1 Å². The smallest absolute Gasteiger partial charge is 0.410 e. The third-order valence-electron chi connectivity index (χ3n) is 5.04. The quantitative estimate of drug-likeness (QED) is 0.711. The largest absolute Gasteiger partial charge is 0.483 e. The molecule has 6 nitrogen and oxygen atoms in total. The number of aliphatic hydroxyl groups excluding tert-OH is 1. The van der Waals surface area contributed by atoms with Crippen LogP contribution in [0.4, 0.5) is 4.79 Å². The second-order valence-corrected chi connectivity index (χ2v) is 8.72. The summed E-state index contributed by atoms with van der Waals surface area (Å²) in [5, 5.41) is 9.23. The molecule has 2 atom stereocenters. The molecule has 3 rings (SSSR count). The second-order valence-electron chi connectivity index (χ2n) is 8.72. The number of nitrogens with zero attached hydrogens (tertiary/aromatic N) is 1. The van der Waals surface area contributed by atoms with Crippen LogP contribution in [0.3, 0.4) is 0 Å². The molecular formula is C25H33NO5. The minimum atomic E-state index is -0.550. The van der Waals surface area contributed by atoms with Gasteiger partial charge in [0.1, 0.15) is 17.5 Å². The summed E-state index contributed by atoms with van der Waals surface area (Å²) >= 11 is 0. The topological polar surface area (TPSA) is 68.2 Å². The van der Waals surface area contributed by atoms with Gasteiger partial charge in [0.2, 0.25) is 0 Å². The molecule has 1 saturated heterocycles. The van der Waals surface area contributed by atoms with Crippen molar-refractivity contribution in [2.75, 3.05) is 26.3 Å². The molecule has 0 bridgehead atoms. The Hall–Kier alpha value is -2.57. The molecule has 1 aliphatic rings. The molecule has 0 aliphatic carbocycles. The van der Waals surface area contributed by atoms with Gasteiger partial charge in [-0.2, -0.15) is 0 Å². The highest BCUT2D eigenvalue weighted by Crippen LogP contribution is 2.31. The third kappa shape index (κ3) is 6.71. The third-order valence-corrected chi connectivity index (χ3v) is 5.04. The van der Waals surface area contributed by atoms with Crippen LogP contribution in [-0.4, -0.2) is 54.1 Å². The summed E-state index contributed by atoms with van der Waals surface area (Å²) in [7, 11) is 0. The summed E-state index contributed by atoms with van der Waals surface area (Å²) in [5.74, 6) is 0.766. The molecular weight excluding hydrogens is 394 g/mol. The van der Waals surface area contributed by atoms with E-state index in [-0.39, 0.29) is 24.9 Å². The summed E-state index contributed by atoms with van der Waals surface area (Å²) in [6.07, 6.45) is 0.333. The van der Waals surface area contributed by atoms with Gasteiger partial charge in [-0.3, -0.25) is 0 Å². The summed E-state index contributed by atoms with van der Waals surface area (Å²) in [6, 6.07) is 17.8. The van der Waals surface area contributed by atoms with Gasteiger partial charge in [-0.05, 0) is 50.8 Å². The molecule has 31 heavy (non-hydrogen) atoms. The van der Waals surface area contributed by atoms with E-state index in [0.717, 1.165) is 23.3 Å². The standard InChI is InChI=1S/C25H33NO5/c1-25(2,3)31-24(28)26-15-17-29-22(18-26)23(20-11-5-4-6-12-20)30-21-14-8-7-10-19(21)13-9-16-27/h4-8,10-12,14,22-23,27H,9,13,15-18H2,1-3H3/t22-,23-/m0/s1. The molecule has 6 heteroatoms. The van der Waals surface area contributed by atoms with Gasteiger partial charge >= 0.3 is 6.09 Å². The van der Waals surface area contributed by atoms with Crippen molar-refractivity contribution < 1.29 is 24.1 Å². The molecule has 168 valence electrons. The lowest BCUT2D eigenvalue weighted by Gasteiger charge is -2.37. The van der Waals surface area contributed by atoms with Crippen LogP contribution in [0, 0.1) is 0 Å². The van der Waals surface area contributed by atoms with Gasteiger partial charge in [-0.25, -0.2) is 4.79 Å². The Labute approximate surface area is 184 Å². The Balaban J connectivity index is 1.83. The minimum absolute atomic E-state index is 0.132. The fourth-order valence-corrected chi connectivity index (χ4v) is 3.58. The normalized spacial score (nSPS) is 17.8. The summed E-state index contributed by atoms with van der Waals surface area (Å²) < 4.78 is 18.2. The van der Waals surface area contributed by atoms with Crippen molar-refractivity contribution in [3.05, 3.63) is 65.7 Å². The number of carbonyl (C=O) groups excluding carboxylic acids is 1. The number of rotatable bonds is 7. The molecule has 0 radical (unpaired) electrons. The van der Waals surface area contributed by atoms with E-state index in [9.17, 15) is 9.90 Å². The van der Waals surface area contributed by atoms with Crippen LogP contribution < -0.4 is 4.74 Å². The van der Waals surface area contributed by atoms with Gasteiger partial charge in [0.05, 0.1) is 13.2 Å². The molecule has 2 aromatic rings. The summed E-state index contributed by atoms with van der Waals surface area (Å²) in [4.78, 5) is 14.3. The fourth-order valence-electron chi connectivity index (χ4n) is 3.58. The fraction of sp³-hybridized carbons (Fsp3) is 0.480. The number of benzene rings is 2.